The lowest BCUT2D eigenvalue weighted by molar-refractivity contribution is -0.112. The predicted octanol–water partition coefficient (Wildman–Crippen LogP) is 5.30. The second kappa shape index (κ2) is 7.46. The van der Waals surface area contributed by atoms with Crippen LogP contribution in [0.4, 0.5) is 5.69 Å². The molecule has 0 aliphatic carbocycles. The Labute approximate surface area is 146 Å². The van der Waals surface area contributed by atoms with E-state index >= 15 is 0 Å². The fourth-order valence-electron chi connectivity index (χ4n) is 1.67. The van der Waals surface area contributed by atoms with Crippen LogP contribution in [0.15, 0.2) is 52.5 Å². The molecule has 0 bridgehead atoms. The van der Waals surface area contributed by atoms with Gasteiger partial charge >= 0.3 is 0 Å². The average molecular weight is 396 g/mol. The lowest BCUT2D eigenvalue weighted by Gasteiger charge is -2.06. The van der Waals surface area contributed by atoms with E-state index in [-0.39, 0.29) is 5.57 Å². The van der Waals surface area contributed by atoms with Crippen molar-refractivity contribution in [3.8, 4) is 6.07 Å². The number of benzene rings is 2. The number of halogens is 3. The molecule has 6 heteroatoms. The van der Waals surface area contributed by atoms with Crippen molar-refractivity contribution in [2.24, 2.45) is 0 Å². The van der Waals surface area contributed by atoms with E-state index in [9.17, 15) is 10.1 Å². The number of anilines is 1. The zero-order valence-corrected chi connectivity index (χ0v) is 14.2. The summed E-state index contributed by atoms with van der Waals surface area (Å²) in [4.78, 5) is 12.2. The lowest BCUT2D eigenvalue weighted by Crippen LogP contribution is -2.13. The van der Waals surface area contributed by atoms with Gasteiger partial charge in [0.25, 0.3) is 5.91 Å². The van der Waals surface area contributed by atoms with E-state index in [0.29, 0.717) is 21.3 Å². The fourth-order valence-corrected chi connectivity index (χ4v) is 2.52. The number of hydrogen-bond acceptors (Lipinski definition) is 2. The van der Waals surface area contributed by atoms with Gasteiger partial charge in [-0.25, -0.2) is 0 Å². The Hall–Kier alpha value is -1.80. The number of carbonyl (C=O) groups excluding carboxylic acids is 1. The van der Waals surface area contributed by atoms with E-state index in [0.717, 1.165) is 4.47 Å². The molecule has 2 aromatic rings. The monoisotopic (exact) mass is 394 g/mol. The van der Waals surface area contributed by atoms with E-state index < -0.39 is 5.91 Å². The van der Waals surface area contributed by atoms with Crippen LogP contribution in [0.25, 0.3) is 6.08 Å². The molecule has 0 aliphatic rings. The molecule has 0 saturated heterocycles. The van der Waals surface area contributed by atoms with Gasteiger partial charge in [-0.1, -0.05) is 41.4 Å². The topological polar surface area (TPSA) is 52.9 Å². The second-order valence-corrected chi connectivity index (χ2v) is 5.97. The summed E-state index contributed by atoms with van der Waals surface area (Å²) in [6.45, 7) is 0. The van der Waals surface area contributed by atoms with Crippen molar-refractivity contribution in [3.05, 3.63) is 68.1 Å². The summed E-state index contributed by atoms with van der Waals surface area (Å²) in [6, 6.07) is 13.8. The molecule has 0 heterocycles. The maximum atomic E-state index is 12.2. The maximum absolute atomic E-state index is 12.2. The van der Waals surface area contributed by atoms with Gasteiger partial charge in [0.1, 0.15) is 11.6 Å². The van der Waals surface area contributed by atoms with Crippen molar-refractivity contribution >= 4 is 56.8 Å². The molecule has 1 amide bonds. The molecule has 22 heavy (non-hydrogen) atoms. The number of hydrogen-bond donors (Lipinski definition) is 1. The van der Waals surface area contributed by atoms with E-state index in [1.807, 2.05) is 12.1 Å². The molecule has 0 aromatic heterocycles. The van der Waals surface area contributed by atoms with E-state index in [4.69, 9.17) is 23.2 Å². The SMILES string of the molecule is N#C/C(=C/c1ccc(Cl)cc1Cl)C(=O)Nc1ccccc1Br. The van der Waals surface area contributed by atoms with Crippen molar-refractivity contribution < 1.29 is 4.79 Å². The zero-order valence-electron chi connectivity index (χ0n) is 11.1. The summed E-state index contributed by atoms with van der Waals surface area (Å²) in [6.07, 6.45) is 1.42. The zero-order chi connectivity index (χ0) is 16.1. The third-order valence-electron chi connectivity index (χ3n) is 2.75. The highest BCUT2D eigenvalue weighted by molar-refractivity contribution is 9.10. The van der Waals surface area contributed by atoms with E-state index in [1.165, 1.54) is 6.08 Å². The van der Waals surface area contributed by atoms with Crippen molar-refractivity contribution in [1.29, 1.82) is 5.26 Å². The van der Waals surface area contributed by atoms with Crippen molar-refractivity contribution in [2.45, 2.75) is 0 Å². The molecule has 0 saturated carbocycles. The maximum Gasteiger partial charge on any atom is 0.266 e. The van der Waals surface area contributed by atoms with Gasteiger partial charge in [-0.3, -0.25) is 4.79 Å². The first-order valence-electron chi connectivity index (χ1n) is 6.14. The van der Waals surface area contributed by atoms with Crippen LogP contribution in [-0.4, -0.2) is 5.91 Å². The van der Waals surface area contributed by atoms with Crippen LogP contribution in [0, 0.1) is 11.3 Å². The summed E-state index contributed by atoms with van der Waals surface area (Å²) in [5, 5.41) is 12.7. The standard InChI is InChI=1S/C16H9BrCl2N2O/c17-13-3-1-2-4-15(13)21-16(22)11(9-20)7-10-5-6-12(18)8-14(10)19/h1-8H,(H,21,22)/b11-7-. The first-order chi connectivity index (χ1) is 10.5. The summed E-state index contributed by atoms with van der Waals surface area (Å²) >= 11 is 15.2. The number of nitrogens with zero attached hydrogens (tertiary/aromatic N) is 1. The minimum atomic E-state index is -0.514. The fraction of sp³-hybridized carbons (Fsp3) is 0. The van der Waals surface area contributed by atoms with Crippen molar-refractivity contribution in [3.63, 3.8) is 0 Å². The number of carbonyl (C=O) groups is 1. The minimum absolute atomic E-state index is 0.0556. The van der Waals surface area contributed by atoms with Crippen LogP contribution < -0.4 is 5.32 Å². The molecule has 0 atom stereocenters. The molecule has 110 valence electrons. The highest BCUT2D eigenvalue weighted by atomic mass is 79.9. The highest BCUT2D eigenvalue weighted by Gasteiger charge is 2.12. The Balaban J connectivity index is 2.28. The summed E-state index contributed by atoms with van der Waals surface area (Å²) in [5.41, 5.74) is 1.07. The molecule has 3 nitrogen and oxygen atoms in total. The van der Waals surface area contributed by atoms with Crippen molar-refractivity contribution in [1.82, 2.24) is 0 Å². The molecule has 2 rings (SSSR count). The van der Waals surface area contributed by atoms with Gasteiger partial charge < -0.3 is 5.32 Å². The van der Waals surface area contributed by atoms with Gasteiger partial charge in [0.05, 0.1) is 5.69 Å². The molecule has 0 spiro atoms. The molecular weight excluding hydrogens is 387 g/mol. The Bertz CT molecular complexity index is 797. The largest absolute Gasteiger partial charge is 0.320 e. The first kappa shape index (κ1) is 16.6. The van der Waals surface area contributed by atoms with Gasteiger partial charge in [-0.2, -0.15) is 5.26 Å². The normalized spacial score (nSPS) is 10.9. The average Bonchev–Trinajstić information content (AvgIpc) is 2.49. The first-order valence-corrected chi connectivity index (χ1v) is 7.69. The van der Waals surface area contributed by atoms with E-state index in [2.05, 4.69) is 21.2 Å². The summed E-state index contributed by atoms with van der Waals surface area (Å²) in [7, 11) is 0. The van der Waals surface area contributed by atoms with Crippen LogP contribution in [0.1, 0.15) is 5.56 Å². The van der Waals surface area contributed by atoms with Gasteiger partial charge in [-0.15, -0.1) is 0 Å². The number of nitriles is 1. The Morgan fingerprint density at radius 3 is 2.59 bits per heavy atom. The molecular formula is C16H9BrCl2N2O. The van der Waals surface area contributed by atoms with Gasteiger partial charge in [0.15, 0.2) is 0 Å². The number of rotatable bonds is 3. The smallest absolute Gasteiger partial charge is 0.266 e. The van der Waals surface area contributed by atoms with Gasteiger partial charge in [0, 0.05) is 14.5 Å². The number of nitrogens with one attached hydrogen (secondary N) is 1. The third kappa shape index (κ3) is 4.11. The van der Waals surface area contributed by atoms with Crippen molar-refractivity contribution in [2.75, 3.05) is 5.32 Å². The molecule has 0 radical (unpaired) electrons. The quantitative estimate of drug-likeness (QED) is 0.566. The summed E-state index contributed by atoms with van der Waals surface area (Å²) in [5.74, 6) is -0.514. The minimum Gasteiger partial charge on any atom is -0.320 e. The third-order valence-corrected chi connectivity index (χ3v) is 4.00. The number of para-hydroxylation sites is 1. The molecule has 0 unspecified atom stereocenters. The highest BCUT2D eigenvalue weighted by Crippen LogP contribution is 2.24. The second-order valence-electron chi connectivity index (χ2n) is 4.27. The van der Waals surface area contributed by atoms with Crippen LogP contribution >= 0.6 is 39.1 Å². The van der Waals surface area contributed by atoms with Gasteiger partial charge in [0.2, 0.25) is 0 Å². The Kier molecular flexibility index (Phi) is 5.62. The van der Waals surface area contributed by atoms with Gasteiger partial charge in [-0.05, 0) is 51.8 Å². The van der Waals surface area contributed by atoms with Crippen LogP contribution in [-0.2, 0) is 4.79 Å². The van der Waals surface area contributed by atoms with Crippen LogP contribution in [0.2, 0.25) is 10.0 Å². The predicted molar refractivity (Wildman–Crippen MR) is 92.8 cm³/mol. The Morgan fingerprint density at radius 2 is 1.95 bits per heavy atom. The summed E-state index contributed by atoms with van der Waals surface area (Å²) < 4.78 is 0.727. The van der Waals surface area contributed by atoms with Crippen LogP contribution in [0.5, 0.6) is 0 Å². The Morgan fingerprint density at radius 1 is 1.23 bits per heavy atom. The van der Waals surface area contributed by atoms with E-state index in [1.54, 1.807) is 36.4 Å². The lowest BCUT2D eigenvalue weighted by atomic mass is 10.1. The molecule has 0 aliphatic heterocycles. The molecule has 0 fully saturated rings. The molecule has 1 N–H and O–H groups in total. The molecule has 2 aromatic carbocycles. The van der Waals surface area contributed by atoms with Crippen LogP contribution in [0.3, 0.4) is 0 Å². The number of amides is 1.